The molecule has 4 rings (SSSR count). The van der Waals surface area contributed by atoms with E-state index in [4.69, 9.17) is 0 Å². The predicted octanol–water partition coefficient (Wildman–Crippen LogP) is 2.60. The first kappa shape index (κ1) is 19.2. The van der Waals surface area contributed by atoms with Crippen LogP contribution in [0.5, 0.6) is 0 Å². The van der Waals surface area contributed by atoms with Crippen molar-refractivity contribution >= 4 is 29.3 Å². The number of aromatic amines is 1. The number of amides is 2. The van der Waals surface area contributed by atoms with Crippen LogP contribution in [0.1, 0.15) is 50.5 Å². The number of H-pyrrole nitrogens is 1. The zero-order valence-electron chi connectivity index (χ0n) is 16.4. The molecule has 0 spiro atoms. The van der Waals surface area contributed by atoms with Crippen LogP contribution in [0.2, 0.25) is 0 Å². The first-order chi connectivity index (χ1) is 14.1. The molecule has 29 heavy (non-hydrogen) atoms. The number of fused-ring (bicyclic) bond motifs is 1. The number of hydrogen-bond acceptors (Lipinski definition) is 5. The van der Waals surface area contributed by atoms with E-state index in [-0.39, 0.29) is 29.3 Å². The molecule has 3 heterocycles. The summed E-state index contributed by atoms with van der Waals surface area (Å²) >= 11 is 0. The van der Waals surface area contributed by atoms with E-state index in [0.717, 1.165) is 32.2 Å². The number of rotatable bonds is 4. The van der Waals surface area contributed by atoms with Crippen molar-refractivity contribution in [3.8, 4) is 0 Å². The Labute approximate surface area is 168 Å². The van der Waals surface area contributed by atoms with E-state index in [9.17, 15) is 14.4 Å². The molecule has 0 bridgehead atoms. The maximum atomic E-state index is 12.9. The number of anilines is 3. The predicted molar refractivity (Wildman–Crippen MR) is 111 cm³/mol. The summed E-state index contributed by atoms with van der Waals surface area (Å²) in [5, 5.41) is 5.47. The standard InChI is InChI=1S/C21H25N5O3/c1-2-14-10-6-7-11-26(14)21-24-18-17(20(29)25-21)15(12-16(27)23-18)19(28)22-13-8-4-3-5-9-13/h3-5,8-9,14-15H,2,6-7,10-12H2,1H3,(H,22,28)(H2,23,24,25,27,29)/t14-,15-/m1/s1. The van der Waals surface area contributed by atoms with Crippen molar-refractivity contribution in [2.24, 2.45) is 0 Å². The number of nitrogens with one attached hydrogen (secondary N) is 3. The average Bonchev–Trinajstić information content (AvgIpc) is 2.73. The normalized spacial score (nSPS) is 21.3. The Morgan fingerprint density at radius 3 is 2.79 bits per heavy atom. The molecule has 0 saturated carbocycles. The quantitative estimate of drug-likeness (QED) is 0.738. The van der Waals surface area contributed by atoms with Crippen LogP contribution in [-0.4, -0.2) is 34.4 Å². The fourth-order valence-corrected chi connectivity index (χ4v) is 4.17. The monoisotopic (exact) mass is 395 g/mol. The molecule has 8 heteroatoms. The topological polar surface area (TPSA) is 107 Å². The summed E-state index contributed by atoms with van der Waals surface area (Å²) in [5.74, 6) is -0.942. The number of carbonyl (C=O) groups excluding carboxylic acids is 2. The van der Waals surface area contributed by atoms with E-state index in [1.54, 1.807) is 24.3 Å². The van der Waals surface area contributed by atoms with Crippen LogP contribution in [0.3, 0.4) is 0 Å². The average molecular weight is 395 g/mol. The first-order valence-electron chi connectivity index (χ1n) is 10.1. The fourth-order valence-electron chi connectivity index (χ4n) is 4.17. The van der Waals surface area contributed by atoms with Crippen LogP contribution >= 0.6 is 0 Å². The lowest BCUT2D eigenvalue weighted by Crippen LogP contribution is -2.43. The Kier molecular flexibility index (Phi) is 5.33. The lowest BCUT2D eigenvalue weighted by atomic mass is 9.92. The highest BCUT2D eigenvalue weighted by atomic mass is 16.2. The molecule has 2 aromatic rings. The highest BCUT2D eigenvalue weighted by Crippen LogP contribution is 2.31. The highest BCUT2D eigenvalue weighted by Gasteiger charge is 2.35. The van der Waals surface area contributed by atoms with Crippen LogP contribution in [0.25, 0.3) is 0 Å². The Hall–Kier alpha value is -3.16. The minimum atomic E-state index is -0.882. The highest BCUT2D eigenvalue weighted by molar-refractivity contribution is 6.04. The van der Waals surface area contributed by atoms with Gasteiger partial charge < -0.3 is 15.5 Å². The van der Waals surface area contributed by atoms with Crippen molar-refractivity contribution in [3.05, 3.63) is 46.2 Å². The SMILES string of the molecule is CC[C@@H]1CCCCN1c1nc2c(c(=O)[nH]1)[C@H](C(=O)Nc1ccccc1)CC(=O)N2. The van der Waals surface area contributed by atoms with E-state index >= 15 is 0 Å². The number of piperidine rings is 1. The molecule has 1 aromatic carbocycles. The summed E-state index contributed by atoms with van der Waals surface area (Å²) < 4.78 is 0. The van der Waals surface area contributed by atoms with Crippen LogP contribution in [0, 0.1) is 0 Å². The molecule has 2 atom stereocenters. The van der Waals surface area contributed by atoms with Crippen molar-refractivity contribution < 1.29 is 9.59 Å². The van der Waals surface area contributed by atoms with Gasteiger partial charge in [-0.2, -0.15) is 4.98 Å². The summed E-state index contributed by atoms with van der Waals surface area (Å²) in [6.45, 7) is 2.93. The maximum absolute atomic E-state index is 12.9. The molecule has 2 aliphatic heterocycles. The molecule has 2 aliphatic rings. The Balaban J connectivity index is 1.67. The van der Waals surface area contributed by atoms with Gasteiger partial charge in [-0.15, -0.1) is 0 Å². The van der Waals surface area contributed by atoms with Crippen LogP contribution in [0.4, 0.5) is 17.5 Å². The van der Waals surface area contributed by atoms with E-state index in [0.29, 0.717) is 17.7 Å². The number of carbonyl (C=O) groups is 2. The van der Waals surface area contributed by atoms with Crippen molar-refractivity contribution in [2.75, 3.05) is 22.1 Å². The maximum Gasteiger partial charge on any atom is 0.258 e. The van der Waals surface area contributed by atoms with Gasteiger partial charge in [-0.05, 0) is 37.8 Å². The van der Waals surface area contributed by atoms with Gasteiger partial charge in [0.05, 0.1) is 11.5 Å². The lowest BCUT2D eigenvalue weighted by Gasteiger charge is -2.36. The zero-order chi connectivity index (χ0) is 20.4. The Morgan fingerprint density at radius 1 is 1.24 bits per heavy atom. The minimum absolute atomic E-state index is 0.0862. The van der Waals surface area contributed by atoms with Gasteiger partial charge in [0.2, 0.25) is 17.8 Å². The molecule has 3 N–H and O–H groups in total. The van der Waals surface area contributed by atoms with Gasteiger partial charge in [-0.1, -0.05) is 25.1 Å². The summed E-state index contributed by atoms with van der Waals surface area (Å²) in [5.41, 5.74) is 0.454. The Morgan fingerprint density at radius 2 is 2.03 bits per heavy atom. The number of nitrogens with zero attached hydrogens (tertiary/aromatic N) is 2. The minimum Gasteiger partial charge on any atom is -0.339 e. The molecule has 1 fully saturated rings. The van der Waals surface area contributed by atoms with Gasteiger partial charge >= 0.3 is 0 Å². The first-order valence-corrected chi connectivity index (χ1v) is 10.1. The molecular formula is C21H25N5O3. The van der Waals surface area contributed by atoms with Gasteiger partial charge in [0.15, 0.2) is 0 Å². The second-order valence-corrected chi connectivity index (χ2v) is 7.56. The lowest BCUT2D eigenvalue weighted by molar-refractivity contribution is -0.123. The van der Waals surface area contributed by atoms with Crippen molar-refractivity contribution in [1.82, 2.24) is 9.97 Å². The number of benzene rings is 1. The van der Waals surface area contributed by atoms with Crippen LogP contribution in [0.15, 0.2) is 35.1 Å². The van der Waals surface area contributed by atoms with Gasteiger partial charge in [0, 0.05) is 24.7 Å². The Bertz CT molecular complexity index is 972. The molecule has 0 unspecified atom stereocenters. The molecule has 0 radical (unpaired) electrons. The molecule has 8 nitrogen and oxygen atoms in total. The van der Waals surface area contributed by atoms with Crippen molar-refractivity contribution in [2.45, 2.75) is 51.0 Å². The van der Waals surface area contributed by atoms with Crippen molar-refractivity contribution in [1.29, 1.82) is 0 Å². The van der Waals surface area contributed by atoms with Crippen LogP contribution in [-0.2, 0) is 9.59 Å². The largest absolute Gasteiger partial charge is 0.339 e. The molecule has 152 valence electrons. The summed E-state index contributed by atoms with van der Waals surface area (Å²) in [6, 6.07) is 9.28. The zero-order valence-corrected chi connectivity index (χ0v) is 16.4. The summed E-state index contributed by atoms with van der Waals surface area (Å²) in [4.78, 5) is 47.5. The number of para-hydroxylation sites is 1. The third-order valence-electron chi connectivity index (χ3n) is 5.67. The number of hydrogen-bond donors (Lipinski definition) is 3. The fraction of sp³-hybridized carbons (Fsp3) is 0.429. The summed E-state index contributed by atoms with van der Waals surface area (Å²) in [7, 11) is 0. The number of aromatic nitrogens is 2. The van der Waals surface area contributed by atoms with Gasteiger partial charge in [-0.3, -0.25) is 19.4 Å². The molecule has 0 aliphatic carbocycles. The third-order valence-corrected chi connectivity index (χ3v) is 5.67. The van der Waals surface area contributed by atoms with E-state index in [2.05, 4.69) is 32.4 Å². The van der Waals surface area contributed by atoms with Crippen molar-refractivity contribution in [3.63, 3.8) is 0 Å². The third kappa shape index (κ3) is 3.87. The molecule has 2 amide bonds. The second-order valence-electron chi connectivity index (χ2n) is 7.56. The van der Waals surface area contributed by atoms with Crippen LogP contribution < -0.4 is 21.1 Å². The second kappa shape index (κ2) is 8.06. The van der Waals surface area contributed by atoms with E-state index < -0.39 is 11.8 Å². The molecule has 1 aromatic heterocycles. The van der Waals surface area contributed by atoms with Gasteiger partial charge in [-0.25, -0.2) is 0 Å². The summed E-state index contributed by atoms with van der Waals surface area (Å²) in [6.07, 6.45) is 4.10. The molecular weight excluding hydrogens is 370 g/mol. The van der Waals surface area contributed by atoms with E-state index in [1.165, 1.54) is 0 Å². The van der Waals surface area contributed by atoms with E-state index in [1.807, 2.05) is 6.07 Å². The molecule has 1 saturated heterocycles. The van der Waals surface area contributed by atoms with Gasteiger partial charge in [0.25, 0.3) is 5.56 Å². The smallest absolute Gasteiger partial charge is 0.258 e. The van der Waals surface area contributed by atoms with Gasteiger partial charge in [0.1, 0.15) is 5.82 Å².